The summed E-state index contributed by atoms with van der Waals surface area (Å²) < 4.78 is 5.92. The number of carboxylic acids is 1. The van der Waals surface area contributed by atoms with Gasteiger partial charge in [0.2, 0.25) is 5.91 Å². The number of amides is 4. The van der Waals surface area contributed by atoms with Crippen molar-refractivity contribution < 1.29 is 38.9 Å². The zero-order valence-electron chi connectivity index (χ0n) is 33.5. The normalized spacial score (nSPS) is 21.9. The van der Waals surface area contributed by atoms with Gasteiger partial charge in [-0.05, 0) is 130 Å². The van der Waals surface area contributed by atoms with Crippen LogP contribution in [0.5, 0.6) is 11.5 Å². The number of ether oxygens (including phenoxy) is 1. The number of rotatable bonds is 14. The molecule has 4 amide bonds. The van der Waals surface area contributed by atoms with Crippen LogP contribution in [0, 0.1) is 47.3 Å². The van der Waals surface area contributed by atoms with Crippen LogP contribution in [0.4, 0.5) is 17.1 Å². The first-order valence-corrected chi connectivity index (χ1v) is 19.8. The standard InChI is InChI=1S/C47H44N6O8/c1-5-33-23-47(33,53-44(57)37-22-39(32-20-31(37)21-32)52-42(55)29-8-6-27(24-48)7-9-29)46(60)51-35-14-10-28(11-15-35)26(4)49-38-19-18-36(40(54)41(38)61-25(2)3)43(56)50-34-16-12-30(13-17-34)45(58)59/h1,6-19,25,31-33,37,39,49,54H,4,20-23H2,2-3H3,(H,50,56)(H,51,60)(H,52,55)(H,53,57)(H,58,59)/t31?,32?,33-,37+,39-,47-/m0/s1. The fourth-order valence-electron chi connectivity index (χ4n) is 8.03. The lowest BCUT2D eigenvalue weighted by Crippen LogP contribution is -2.58. The van der Waals surface area contributed by atoms with Crippen LogP contribution in [0.3, 0.4) is 0 Å². The molecule has 4 aliphatic rings. The van der Waals surface area contributed by atoms with Crippen LogP contribution in [0.1, 0.15) is 81.7 Å². The van der Waals surface area contributed by atoms with Gasteiger partial charge in [0.05, 0.1) is 40.5 Å². The average Bonchev–Trinajstić information content (AvgIpc) is 3.95. The van der Waals surface area contributed by atoms with Gasteiger partial charge in [0.25, 0.3) is 17.7 Å². The largest absolute Gasteiger partial charge is 0.504 e. The van der Waals surface area contributed by atoms with Crippen molar-refractivity contribution >= 4 is 52.4 Å². The predicted octanol–water partition coefficient (Wildman–Crippen LogP) is 6.38. The third-order valence-corrected chi connectivity index (χ3v) is 11.6. The van der Waals surface area contributed by atoms with Crippen LogP contribution in [0.25, 0.3) is 5.70 Å². The summed E-state index contributed by atoms with van der Waals surface area (Å²) in [6.07, 6.45) is 7.73. The number of aromatic hydroxyl groups is 1. The molecule has 0 radical (unpaired) electrons. The van der Waals surface area contributed by atoms with Crippen LogP contribution < -0.4 is 31.3 Å². The molecule has 4 fully saturated rings. The molecule has 4 aromatic carbocycles. The van der Waals surface area contributed by atoms with Crippen molar-refractivity contribution in [3.8, 4) is 29.9 Å². The molecule has 4 atom stereocenters. The summed E-state index contributed by atoms with van der Waals surface area (Å²) in [5, 5.41) is 44.2. The third-order valence-electron chi connectivity index (χ3n) is 11.6. The summed E-state index contributed by atoms with van der Waals surface area (Å²) >= 11 is 0. The minimum Gasteiger partial charge on any atom is -0.504 e. The van der Waals surface area contributed by atoms with E-state index in [2.05, 4.69) is 39.1 Å². The van der Waals surface area contributed by atoms with Crippen molar-refractivity contribution in [2.45, 2.75) is 57.2 Å². The number of hydrogen-bond donors (Lipinski definition) is 7. The number of carbonyl (C=O) groups excluding carboxylic acids is 4. The minimum atomic E-state index is -1.28. The second-order valence-electron chi connectivity index (χ2n) is 16.0. The Morgan fingerprint density at radius 1 is 0.820 bits per heavy atom. The monoisotopic (exact) mass is 820 g/mol. The van der Waals surface area contributed by atoms with Crippen LogP contribution in [0.15, 0.2) is 91.5 Å². The molecule has 61 heavy (non-hydrogen) atoms. The molecule has 4 aromatic rings. The molecule has 310 valence electrons. The van der Waals surface area contributed by atoms with Gasteiger partial charge in [-0.15, -0.1) is 12.3 Å². The van der Waals surface area contributed by atoms with Gasteiger partial charge in [0, 0.05) is 34.6 Å². The quantitative estimate of drug-likeness (QED) is 0.0697. The molecule has 8 rings (SSSR count). The molecule has 0 unspecified atom stereocenters. The Morgan fingerprint density at radius 2 is 1.44 bits per heavy atom. The maximum Gasteiger partial charge on any atom is 0.335 e. The highest BCUT2D eigenvalue weighted by Gasteiger charge is 2.62. The zero-order chi connectivity index (χ0) is 43.6. The summed E-state index contributed by atoms with van der Waals surface area (Å²) in [7, 11) is 0. The molecule has 4 saturated carbocycles. The van der Waals surface area contributed by atoms with Gasteiger partial charge in [0.1, 0.15) is 5.54 Å². The van der Waals surface area contributed by atoms with E-state index in [9.17, 15) is 29.1 Å². The minimum absolute atomic E-state index is 0.0162. The summed E-state index contributed by atoms with van der Waals surface area (Å²) in [6.45, 7) is 7.66. The van der Waals surface area contributed by atoms with Crippen molar-refractivity contribution in [2.75, 3.05) is 16.0 Å². The van der Waals surface area contributed by atoms with Crippen molar-refractivity contribution in [3.63, 3.8) is 0 Å². The molecule has 4 aliphatic carbocycles. The average molecular weight is 821 g/mol. The second-order valence-corrected chi connectivity index (χ2v) is 16.0. The Labute approximate surface area is 352 Å². The number of nitrogens with one attached hydrogen (secondary N) is 5. The van der Waals surface area contributed by atoms with E-state index in [1.165, 1.54) is 30.3 Å². The Kier molecular flexibility index (Phi) is 11.6. The SMILES string of the molecule is C#C[C@H]1C[C@@]1(NC(=O)[C@@H]1C[C@H](NC(=O)c2ccc(C#N)cc2)C2CC1C2)C(=O)Nc1ccc(C(=C)Nc2ccc(C(=O)Nc3ccc(C(=O)O)cc3)c(O)c2OC(C)C)cc1. The summed E-state index contributed by atoms with van der Waals surface area (Å²) in [5.41, 5.74) is 1.77. The van der Waals surface area contributed by atoms with Gasteiger partial charge in [-0.1, -0.05) is 18.7 Å². The van der Waals surface area contributed by atoms with Gasteiger partial charge in [0.15, 0.2) is 11.5 Å². The van der Waals surface area contributed by atoms with Crippen LogP contribution in [-0.2, 0) is 9.59 Å². The molecule has 2 bridgehead atoms. The predicted molar refractivity (Wildman–Crippen MR) is 227 cm³/mol. The number of hydrogen-bond acceptors (Lipinski definition) is 9. The Bertz CT molecular complexity index is 2500. The number of nitriles is 1. The lowest BCUT2D eigenvalue weighted by molar-refractivity contribution is -0.136. The van der Waals surface area contributed by atoms with Gasteiger partial charge in [-0.25, -0.2) is 4.79 Å². The van der Waals surface area contributed by atoms with E-state index in [-0.39, 0.29) is 59.1 Å². The number of terminal acetylenes is 1. The Hall–Kier alpha value is -7.58. The summed E-state index contributed by atoms with van der Waals surface area (Å²) in [6, 6.07) is 23.6. The second kappa shape index (κ2) is 17.0. The van der Waals surface area contributed by atoms with Crippen molar-refractivity contribution in [2.24, 2.45) is 23.7 Å². The lowest BCUT2D eigenvalue weighted by atomic mass is 9.57. The number of nitrogens with zero attached hydrogens (tertiary/aromatic N) is 1. The highest BCUT2D eigenvalue weighted by molar-refractivity contribution is 6.08. The van der Waals surface area contributed by atoms with E-state index in [1.54, 1.807) is 68.4 Å². The maximum absolute atomic E-state index is 13.8. The van der Waals surface area contributed by atoms with Gasteiger partial charge >= 0.3 is 5.97 Å². The van der Waals surface area contributed by atoms with Crippen molar-refractivity contribution in [1.82, 2.24) is 10.6 Å². The molecule has 14 heteroatoms. The molecule has 7 N–H and O–H groups in total. The Balaban J connectivity index is 0.976. The van der Waals surface area contributed by atoms with Gasteiger partial charge in [-0.3, -0.25) is 19.2 Å². The van der Waals surface area contributed by atoms with E-state index in [0.717, 1.165) is 12.8 Å². The van der Waals surface area contributed by atoms with Crippen LogP contribution in [-0.4, -0.2) is 57.5 Å². The molecule has 0 saturated heterocycles. The maximum atomic E-state index is 13.8. The smallest absolute Gasteiger partial charge is 0.335 e. The molecular formula is C47H44N6O8. The number of fused-ring (bicyclic) bond motifs is 2. The van der Waals surface area contributed by atoms with Crippen molar-refractivity contribution in [1.29, 1.82) is 5.26 Å². The highest BCUT2D eigenvalue weighted by atomic mass is 16.5. The van der Waals surface area contributed by atoms with Crippen LogP contribution >= 0.6 is 0 Å². The fourth-order valence-corrected chi connectivity index (χ4v) is 8.03. The molecule has 0 heterocycles. The van der Waals surface area contributed by atoms with E-state index in [4.69, 9.17) is 21.5 Å². The Morgan fingerprint density at radius 3 is 2.03 bits per heavy atom. The summed E-state index contributed by atoms with van der Waals surface area (Å²) in [5.74, 6) is -0.940. The highest BCUT2D eigenvalue weighted by Crippen LogP contribution is 2.51. The van der Waals surface area contributed by atoms with E-state index >= 15 is 0 Å². The molecule has 0 spiro atoms. The van der Waals surface area contributed by atoms with Crippen molar-refractivity contribution in [3.05, 3.63) is 119 Å². The lowest BCUT2D eigenvalue weighted by Gasteiger charge is -2.51. The molecular weight excluding hydrogens is 777 g/mol. The zero-order valence-corrected chi connectivity index (χ0v) is 33.5. The van der Waals surface area contributed by atoms with Gasteiger partial charge < -0.3 is 41.5 Å². The number of phenols is 1. The molecule has 14 nitrogen and oxygen atoms in total. The number of anilines is 3. The number of phenolic OH excluding ortho intramolecular Hbond substituents is 1. The molecule has 0 aliphatic heterocycles. The van der Waals surface area contributed by atoms with E-state index in [1.807, 2.05) is 6.07 Å². The first-order chi connectivity index (χ1) is 29.2. The number of benzene rings is 4. The van der Waals surface area contributed by atoms with Crippen LogP contribution in [0.2, 0.25) is 0 Å². The fraction of sp³-hybridized carbons (Fsp3) is 0.277. The number of carbonyl (C=O) groups is 5. The molecule has 0 aromatic heterocycles. The van der Waals surface area contributed by atoms with Gasteiger partial charge in [-0.2, -0.15) is 5.26 Å². The number of aromatic carboxylic acids is 1. The summed E-state index contributed by atoms with van der Waals surface area (Å²) in [4.78, 5) is 65.0. The number of carboxylic acid groups (broad SMARTS) is 1. The van der Waals surface area contributed by atoms with E-state index < -0.39 is 40.9 Å². The topological polar surface area (TPSA) is 219 Å². The first kappa shape index (κ1) is 41.6. The van der Waals surface area contributed by atoms with E-state index in [0.29, 0.717) is 45.9 Å². The third kappa shape index (κ3) is 8.75. The first-order valence-electron chi connectivity index (χ1n) is 19.8.